The van der Waals surface area contributed by atoms with Gasteiger partial charge in [0.05, 0.1) is 30.2 Å². The van der Waals surface area contributed by atoms with Crippen LogP contribution in [-0.2, 0) is 0 Å². The lowest BCUT2D eigenvalue weighted by Gasteiger charge is -2.37. The van der Waals surface area contributed by atoms with Crippen molar-refractivity contribution in [2.75, 3.05) is 33.4 Å². The lowest BCUT2D eigenvalue weighted by molar-refractivity contribution is 0.0640. The Morgan fingerprint density at radius 1 is 1.28 bits per heavy atom. The number of aliphatic hydroxyl groups is 2. The highest BCUT2D eigenvalue weighted by Crippen LogP contribution is 2.33. The standard InChI is InChI=1S/C26H30N2O3S/c1-31-21-7-8-25-24(16-21)23(10-12-27-25)26(30)9-6-19-11-14-28(17-20(19)18-29)13-2-4-22-5-3-15-32-22/h3,5,7-8,10,12,15-16,19-20,26,29-30H,6,9,11,13-14,17-18H2,1H3/t19-,20-,26-/m1/s1. The summed E-state index contributed by atoms with van der Waals surface area (Å²) in [6.45, 7) is 2.73. The Morgan fingerprint density at radius 2 is 2.19 bits per heavy atom. The van der Waals surface area contributed by atoms with Gasteiger partial charge in [-0.25, -0.2) is 0 Å². The highest BCUT2D eigenvalue weighted by molar-refractivity contribution is 7.10. The molecule has 4 rings (SSSR count). The average molecular weight is 451 g/mol. The van der Waals surface area contributed by atoms with Crippen LogP contribution in [0.15, 0.2) is 48.0 Å². The van der Waals surface area contributed by atoms with Gasteiger partial charge in [-0.3, -0.25) is 9.88 Å². The number of benzene rings is 1. The zero-order valence-electron chi connectivity index (χ0n) is 18.4. The first kappa shape index (κ1) is 22.8. The quantitative estimate of drug-likeness (QED) is 0.531. The molecule has 2 N–H and O–H groups in total. The number of pyridine rings is 1. The van der Waals surface area contributed by atoms with Gasteiger partial charge < -0.3 is 14.9 Å². The summed E-state index contributed by atoms with van der Waals surface area (Å²) in [6.07, 6.45) is 3.75. The number of ether oxygens (including phenoxy) is 1. The summed E-state index contributed by atoms with van der Waals surface area (Å²) in [6, 6.07) is 11.7. The molecule has 0 unspecified atom stereocenters. The first-order valence-electron chi connectivity index (χ1n) is 11.1. The number of likely N-dealkylation sites (tertiary alicyclic amines) is 1. The topological polar surface area (TPSA) is 65.8 Å². The van der Waals surface area contributed by atoms with Crippen LogP contribution in [0, 0.1) is 23.7 Å². The molecule has 0 bridgehead atoms. The number of hydrogen-bond acceptors (Lipinski definition) is 6. The summed E-state index contributed by atoms with van der Waals surface area (Å²) in [5.74, 6) is 7.85. The maximum absolute atomic E-state index is 11.0. The van der Waals surface area contributed by atoms with Crippen molar-refractivity contribution in [2.24, 2.45) is 11.8 Å². The van der Waals surface area contributed by atoms with E-state index in [1.54, 1.807) is 24.6 Å². The third kappa shape index (κ3) is 5.48. The molecule has 1 aliphatic rings. The van der Waals surface area contributed by atoms with Gasteiger partial charge in [-0.1, -0.05) is 17.9 Å². The summed E-state index contributed by atoms with van der Waals surface area (Å²) in [5, 5.41) is 23.9. The number of piperidine rings is 1. The van der Waals surface area contributed by atoms with Crippen molar-refractivity contribution in [2.45, 2.75) is 25.4 Å². The van der Waals surface area contributed by atoms with E-state index in [1.807, 2.05) is 41.8 Å². The van der Waals surface area contributed by atoms with Crippen LogP contribution in [0.3, 0.4) is 0 Å². The molecule has 3 atom stereocenters. The molecule has 1 saturated heterocycles. The molecule has 168 valence electrons. The summed E-state index contributed by atoms with van der Waals surface area (Å²) in [5.41, 5.74) is 1.74. The molecule has 0 spiro atoms. The molecule has 1 aliphatic heterocycles. The molecule has 5 nitrogen and oxygen atoms in total. The average Bonchev–Trinajstić information content (AvgIpc) is 3.35. The highest BCUT2D eigenvalue weighted by Gasteiger charge is 2.29. The second-order valence-corrected chi connectivity index (χ2v) is 9.33. The van der Waals surface area contributed by atoms with Crippen LogP contribution in [-0.4, -0.2) is 53.4 Å². The number of methoxy groups -OCH3 is 1. The summed E-state index contributed by atoms with van der Waals surface area (Å²) in [7, 11) is 1.64. The van der Waals surface area contributed by atoms with Gasteiger partial charge in [-0.05, 0) is 78.9 Å². The highest BCUT2D eigenvalue weighted by atomic mass is 32.1. The third-order valence-electron chi connectivity index (χ3n) is 6.40. The number of nitrogens with zero attached hydrogens (tertiary/aromatic N) is 2. The molecule has 3 heterocycles. The molecule has 3 aromatic rings. The Bertz CT molecular complexity index is 1070. The van der Waals surface area contributed by atoms with Crippen molar-refractivity contribution >= 4 is 22.2 Å². The minimum absolute atomic E-state index is 0.172. The predicted molar refractivity (Wildman–Crippen MR) is 129 cm³/mol. The fraction of sp³-hybridized carbons (Fsp3) is 0.423. The number of rotatable bonds is 7. The molecular weight excluding hydrogens is 420 g/mol. The lowest BCUT2D eigenvalue weighted by atomic mass is 9.81. The van der Waals surface area contributed by atoms with Crippen LogP contribution in [0.25, 0.3) is 10.9 Å². The summed E-state index contributed by atoms with van der Waals surface area (Å²) < 4.78 is 5.35. The minimum Gasteiger partial charge on any atom is -0.497 e. The molecule has 6 heteroatoms. The number of aromatic nitrogens is 1. The molecule has 0 radical (unpaired) electrons. The van der Waals surface area contributed by atoms with E-state index in [2.05, 4.69) is 21.7 Å². The van der Waals surface area contributed by atoms with E-state index >= 15 is 0 Å². The van der Waals surface area contributed by atoms with E-state index in [1.165, 1.54) is 0 Å². The Hall–Kier alpha value is -2.43. The van der Waals surface area contributed by atoms with Crippen LogP contribution < -0.4 is 4.74 Å². The molecule has 32 heavy (non-hydrogen) atoms. The van der Waals surface area contributed by atoms with Crippen molar-refractivity contribution in [1.82, 2.24) is 9.88 Å². The summed E-state index contributed by atoms with van der Waals surface area (Å²) in [4.78, 5) is 7.83. The second-order valence-electron chi connectivity index (χ2n) is 8.38. The van der Waals surface area contributed by atoms with Crippen LogP contribution in [0.4, 0.5) is 0 Å². The van der Waals surface area contributed by atoms with Crippen LogP contribution in [0.2, 0.25) is 0 Å². The van der Waals surface area contributed by atoms with Gasteiger partial charge in [-0.2, -0.15) is 0 Å². The van der Waals surface area contributed by atoms with Gasteiger partial charge in [-0.15, -0.1) is 11.3 Å². The van der Waals surface area contributed by atoms with Crippen LogP contribution in [0.5, 0.6) is 5.75 Å². The van der Waals surface area contributed by atoms with E-state index in [9.17, 15) is 10.2 Å². The van der Waals surface area contributed by atoms with Crippen LogP contribution >= 0.6 is 11.3 Å². The Kier molecular flexibility index (Phi) is 7.77. The smallest absolute Gasteiger partial charge is 0.119 e. The van der Waals surface area contributed by atoms with Crippen molar-refractivity contribution in [3.8, 4) is 17.6 Å². The molecule has 0 saturated carbocycles. The van der Waals surface area contributed by atoms with Crippen LogP contribution in [0.1, 0.15) is 35.8 Å². The molecule has 2 aromatic heterocycles. The molecule has 1 fully saturated rings. The van der Waals surface area contributed by atoms with Gasteiger partial charge in [0.2, 0.25) is 0 Å². The Morgan fingerprint density at radius 3 is 2.97 bits per heavy atom. The zero-order valence-corrected chi connectivity index (χ0v) is 19.2. The van der Waals surface area contributed by atoms with Gasteiger partial charge >= 0.3 is 0 Å². The number of aliphatic hydroxyl groups excluding tert-OH is 2. The van der Waals surface area contributed by atoms with Gasteiger partial charge in [0.1, 0.15) is 5.75 Å². The Balaban J connectivity index is 1.35. The van der Waals surface area contributed by atoms with Gasteiger partial charge in [0.15, 0.2) is 0 Å². The molecule has 0 amide bonds. The summed E-state index contributed by atoms with van der Waals surface area (Å²) >= 11 is 1.66. The lowest BCUT2D eigenvalue weighted by Crippen LogP contribution is -2.42. The minimum atomic E-state index is -0.568. The van der Waals surface area contributed by atoms with Crippen molar-refractivity contribution in [1.29, 1.82) is 0 Å². The van der Waals surface area contributed by atoms with Gasteiger partial charge in [0, 0.05) is 24.7 Å². The Labute approximate surface area is 193 Å². The van der Waals surface area contributed by atoms with Gasteiger partial charge in [0.25, 0.3) is 0 Å². The van der Waals surface area contributed by atoms with E-state index in [0.717, 1.165) is 59.6 Å². The van der Waals surface area contributed by atoms with Crippen molar-refractivity contribution < 1.29 is 14.9 Å². The number of hydrogen-bond donors (Lipinski definition) is 2. The monoisotopic (exact) mass is 450 g/mol. The fourth-order valence-corrected chi connectivity index (χ4v) is 5.16. The molecule has 0 aliphatic carbocycles. The number of thiophene rings is 1. The molecular formula is C26H30N2O3S. The fourth-order valence-electron chi connectivity index (χ4n) is 4.57. The normalized spacial score (nSPS) is 20.0. The van der Waals surface area contributed by atoms with E-state index in [-0.39, 0.29) is 12.5 Å². The maximum Gasteiger partial charge on any atom is 0.119 e. The van der Waals surface area contributed by atoms with Crippen molar-refractivity contribution in [3.63, 3.8) is 0 Å². The largest absolute Gasteiger partial charge is 0.497 e. The predicted octanol–water partition coefficient (Wildman–Crippen LogP) is 4.10. The maximum atomic E-state index is 11.0. The first-order chi connectivity index (χ1) is 15.7. The molecule has 1 aromatic carbocycles. The zero-order chi connectivity index (χ0) is 22.3. The number of fused-ring (bicyclic) bond motifs is 1. The van der Waals surface area contributed by atoms with E-state index in [4.69, 9.17) is 4.74 Å². The van der Waals surface area contributed by atoms with Crippen molar-refractivity contribution in [3.05, 3.63) is 58.4 Å². The first-order valence-corrected chi connectivity index (χ1v) is 12.0. The van der Waals surface area contributed by atoms with E-state index < -0.39 is 6.10 Å². The van der Waals surface area contributed by atoms with E-state index in [0.29, 0.717) is 12.3 Å². The third-order valence-corrected chi connectivity index (χ3v) is 7.18. The second kappa shape index (κ2) is 10.9. The SMILES string of the molecule is COc1ccc2nccc([C@H](O)CC[C@@H]3CCN(CC#Cc4cccs4)C[C@@H]3CO)c2c1.